The third kappa shape index (κ3) is 3.04. The zero-order valence-electron chi connectivity index (χ0n) is 13.0. The summed E-state index contributed by atoms with van der Waals surface area (Å²) in [7, 11) is 0. The van der Waals surface area contributed by atoms with Crippen LogP contribution in [0.1, 0.15) is 35.8 Å². The molecule has 0 spiro atoms. The molecular weight excluding hydrogens is 292 g/mol. The Morgan fingerprint density at radius 1 is 1.17 bits per heavy atom. The Hall–Kier alpha value is -2.82. The van der Waals surface area contributed by atoms with Crippen molar-refractivity contribution >= 4 is 17.5 Å². The molecule has 2 aromatic carbocycles. The van der Waals surface area contributed by atoms with Crippen molar-refractivity contribution in [2.75, 3.05) is 5.32 Å². The lowest BCUT2D eigenvalue weighted by atomic mass is 10.1. The van der Waals surface area contributed by atoms with Crippen LogP contribution in [0.5, 0.6) is 5.75 Å². The molecule has 0 fully saturated rings. The molecule has 0 radical (unpaired) electrons. The van der Waals surface area contributed by atoms with Gasteiger partial charge in [-0.3, -0.25) is 9.59 Å². The Balaban J connectivity index is 1.84. The van der Waals surface area contributed by atoms with E-state index in [1.807, 2.05) is 37.3 Å². The summed E-state index contributed by atoms with van der Waals surface area (Å²) in [6, 6.07) is 14.7. The summed E-state index contributed by atoms with van der Waals surface area (Å²) in [5.41, 5.74) is 1.96. The van der Waals surface area contributed by atoms with Crippen molar-refractivity contribution in [1.29, 1.82) is 0 Å². The molecule has 0 bridgehead atoms. The molecule has 2 atom stereocenters. The first-order chi connectivity index (χ1) is 11.1. The zero-order valence-corrected chi connectivity index (χ0v) is 13.0. The summed E-state index contributed by atoms with van der Waals surface area (Å²) in [5, 5.41) is 5.70. The monoisotopic (exact) mass is 310 g/mol. The number of ether oxygens (including phenoxy) is 1. The summed E-state index contributed by atoms with van der Waals surface area (Å²) in [5.74, 6) is -0.0355. The lowest BCUT2D eigenvalue weighted by molar-refractivity contribution is -0.122. The van der Waals surface area contributed by atoms with E-state index in [9.17, 15) is 9.59 Å². The smallest absolute Gasteiger partial charge is 0.265 e. The lowest BCUT2D eigenvalue weighted by Crippen LogP contribution is -2.36. The second-order valence-corrected chi connectivity index (χ2v) is 5.54. The molecule has 118 valence electrons. The van der Waals surface area contributed by atoms with Gasteiger partial charge in [0, 0.05) is 0 Å². The van der Waals surface area contributed by atoms with Crippen LogP contribution in [0.3, 0.4) is 0 Å². The van der Waals surface area contributed by atoms with Crippen molar-refractivity contribution in [3.63, 3.8) is 0 Å². The molecule has 5 nitrogen and oxygen atoms in total. The molecular formula is C18H18N2O3. The highest BCUT2D eigenvalue weighted by Gasteiger charge is 2.27. The third-order valence-electron chi connectivity index (χ3n) is 3.83. The third-order valence-corrected chi connectivity index (χ3v) is 3.83. The lowest BCUT2D eigenvalue weighted by Gasteiger charge is -2.25. The second-order valence-electron chi connectivity index (χ2n) is 5.54. The molecule has 2 aromatic rings. The van der Waals surface area contributed by atoms with Gasteiger partial charge in [-0.05, 0) is 31.5 Å². The second kappa shape index (κ2) is 6.12. The van der Waals surface area contributed by atoms with Crippen molar-refractivity contribution in [2.45, 2.75) is 26.0 Å². The fourth-order valence-electron chi connectivity index (χ4n) is 2.51. The molecule has 2 amide bonds. The van der Waals surface area contributed by atoms with E-state index in [0.717, 1.165) is 5.56 Å². The zero-order chi connectivity index (χ0) is 16.4. The number of para-hydroxylation sites is 1. The van der Waals surface area contributed by atoms with Crippen molar-refractivity contribution in [3.8, 4) is 5.75 Å². The van der Waals surface area contributed by atoms with Gasteiger partial charge < -0.3 is 15.4 Å². The number of fused-ring (bicyclic) bond motifs is 1. The summed E-state index contributed by atoms with van der Waals surface area (Å²) in [6.07, 6.45) is -0.622. The number of rotatable bonds is 3. The number of carbonyl (C=O) groups is 2. The van der Waals surface area contributed by atoms with Crippen molar-refractivity contribution < 1.29 is 14.3 Å². The van der Waals surface area contributed by atoms with Gasteiger partial charge in [-0.2, -0.15) is 0 Å². The number of hydrogen-bond donors (Lipinski definition) is 2. The van der Waals surface area contributed by atoms with Crippen LogP contribution in [0.15, 0.2) is 48.5 Å². The largest absolute Gasteiger partial charge is 0.478 e. The van der Waals surface area contributed by atoms with E-state index in [1.54, 1.807) is 25.1 Å². The Labute approximate surface area is 134 Å². The highest BCUT2D eigenvalue weighted by molar-refractivity contribution is 6.04. The molecule has 0 aliphatic carbocycles. The first kappa shape index (κ1) is 15.1. The van der Waals surface area contributed by atoms with Gasteiger partial charge in [0.05, 0.1) is 17.3 Å². The maximum Gasteiger partial charge on any atom is 0.265 e. The van der Waals surface area contributed by atoms with Gasteiger partial charge in [-0.25, -0.2) is 0 Å². The van der Waals surface area contributed by atoms with Crippen molar-refractivity contribution in [2.24, 2.45) is 0 Å². The fraction of sp³-hybridized carbons (Fsp3) is 0.222. The average Bonchev–Trinajstić information content (AvgIpc) is 2.56. The Morgan fingerprint density at radius 3 is 2.65 bits per heavy atom. The van der Waals surface area contributed by atoms with E-state index in [2.05, 4.69) is 10.6 Å². The first-order valence-electron chi connectivity index (χ1n) is 7.52. The minimum atomic E-state index is -0.622. The van der Waals surface area contributed by atoms with Gasteiger partial charge in [0.15, 0.2) is 11.9 Å². The molecule has 1 aliphatic rings. The molecule has 23 heavy (non-hydrogen) atoms. The van der Waals surface area contributed by atoms with Gasteiger partial charge in [-0.1, -0.05) is 36.4 Å². The number of benzene rings is 2. The van der Waals surface area contributed by atoms with Crippen molar-refractivity contribution in [3.05, 3.63) is 59.7 Å². The van der Waals surface area contributed by atoms with Crippen LogP contribution in [-0.4, -0.2) is 17.9 Å². The van der Waals surface area contributed by atoms with Crippen LogP contribution in [0.25, 0.3) is 0 Å². The predicted octanol–water partition coefficient (Wildman–Crippen LogP) is 2.90. The first-order valence-corrected chi connectivity index (χ1v) is 7.52. The minimum absolute atomic E-state index is 0.129. The van der Waals surface area contributed by atoms with Crippen LogP contribution in [0.4, 0.5) is 5.69 Å². The fourth-order valence-corrected chi connectivity index (χ4v) is 2.51. The topological polar surface area (TPSA) is 67.4 Å². The molecule has 0 saturated carbocycles. The summed E-state index contributed by atoms with van der Waals surface area (Å²) >= 11 is 0. The maximum atomic E-state index is 12.6. The SMILES string of the molecule is CC1Oc2c(cccc2C(=O)NC(C)c2ccccc2)NC1=O. The van der Waals surface area contributed by atoms with Crippen LogP contribution in [0.2, 0.25) is 0 Å². The molecule has 2 N–H and O–H groups in total. The summed E-state index contributed by atoms with van der Waals surface area (Å²) in [4.78, 5) is 24.2. The Kier molecular flexibility index (Phi) is 4.02. The quantitative estimate of drug-likeness (QED) is 0.916. The molecule has 3 rings (SSSR count). The Bertz CT molecular complexity index is 743. The standard InChI is InChI=1S/C18H18N2O3/c1-11(13-7-4-3-5-8-13)19-18(22)14-9-6-10-15-16(14)23-12(2)17(21)20-15/h3-12H,1-2H3,(H,19,22)(H,20,21). The number of anilines is 1. The molecule has 0 saturated heterocycles. The van der Waals surface area contributed by atoms with E-state index in [4.69, 9.17) is 4.74 Å². The van der Waals surface area contributed by atoms with E-state index < -0.39 is 6.10 Å². The minimum Gasteiger partial charge on any atom is -0.478 e. The van der Waals surface area contributed by atoms with Gasteiger partial charge in [-0.15, -0.1) is 0 Å². The molecule has 2 unspecified atom stereocenters. The van der Waals surface area contributed by atoms with E-state index in [1.165, 1.54) is 0 Å². The molecule has 5 heteroatoms. The highest BCUT2D eigenvalue weighted by Crippen LogP contribution is 2.33. The molecule has 1 heterocycles. The van der Waals surface area contributed by atoms with Crippen LogP contribution >= 0.6 is 0 Å². The number of carbonyl (C=O) groups excluding carboxylic acids is 2. The summed E-state index contributed by atoms with van der Waals surface area (Å²) in [6.45, 7) is 3.58. The van der Waals surface area contributed by atoms with Gasteiger partial charge in [0.2, 0.25) is 0 Å². The number of nitrogens with one attached hydrogen (secondary N) is 2. The van der Waals surface area contributed by atoms with Crippen LogP contribution < -0.4 is 15.4 Å². The van der Waals surface area contributed by atoms with Gasteiger partial charge in [0.1, 0.15) is 0 Å². The van der Waals surface area contributed by atoms with E-state index >= 15 is 0 Å². The molecule has 1 aliphatic heterocycles. The average molecular weight is 310 g/mol. The highest BCUT2D eigenvalue weighted by atomic mass is 16.5. The van der Waals surface area contributed by atoms with E-state index in [-0.39, 0.29) is 17.9 Å². The van der Waals surface area contributed by atoms with Crippen LogP contribution in [0, 0.1) is 0 Å². The number of hydrogen-bond acceptors (Lipinski definition) is 3. The van der Waals surface area contributed by atoms with E-state index in [0.29, 0.717) is 17.0 Å². The summed E-state index contributed by atoms with van der Waals surface area (Å²) < 4.78 is 5.61. The van der Waals surface area contributed by atoms with Gasteiger partial charge in [0.25, 0.3) is 11.8 Å². The maximum absolute atomic E-state index is 12.6. The van der Waals surface area contributed by atoms with Gasteiger partial charge >= 0.3 is 0 Å². The normalized spacial score (nSPS) is 17.5. The number of amides is 2. The van der Waals surface area contributed by atoms with Crippen LogP contribution in [-0.2, 0) is 4.79 Å². The predicted molar refractivity (Wildman–Crippen MR) is 87.5 cm³/mol. The molecule has 0 aromatic heterocycles. The Morgan fingerprint density at radius 2 is 1.91 bits per heavy atom. The van der Waals surface area contributed by atoms with Crippen molar-refractivity contribution in [1.82, 2.24) is 5.32 Å².